The number of hydrogen-bond acceptors (Lipinski definition) is 6. The van der Waals surface area contributed by atoms with Crippen molar-refractivity contribution in [1.29, 1.82) is 0 Å². The molecule has 6 nitrogen and oxygen atoms in total. The maximum atomic E-state index is 12.9. The van der Waals surface area contributed by atoms with E-state index in [0.29, 0.717) is 16.4 Å². The molecule has 2 aromatic rings. The minimum absolute atomic E-state index is 0.167. The summed E-state index contributed by atoms with van der Waals surface area (Å²) in [6.45, 7) is 0.167. The molecule has 0 aliphatic carbocycles. The van der Waals surface area contributed by atoms with Crippen LogP contribution in [0.1, 0.15) is 11.1 Å². The van der Waals surface area contributed by atoms with Gasteiger partial charge in [0, 0.05) is 6.42 Å². The summed E-state index contributed by atoms with van der Waals surface area (Å²) in [5, 5.41) is 9.70. The van der Waals surface area contributed by atoms with Crippen LogP contribution in [0.25, 0.3) is 6.08 Å². The van der Waals surface area contributed by atoms with Gasteiger partial charge in [-0.15, -0.1) is 0 Å². The van der Waals surface area contributed by atoms with Crippen molar-refractivity contribution in [3.63, 3.8) is 0 Å². The highest BCUT2D eigenvalue weighted by Gasteiger charge is 2.40. The van der Waals surface area contributed by atoms with Gasteiger partial charge in [0.15, 0.2) is 11.5 Å². The number of carbonyl (C=O) groups excluding carboxylic acids is 1. The first kappa shape index (κ1) is 18.5. The van der Waals surface area contributed by atoms with Crippen molar-refractivity contribution >= 4 is 46.3 Å². The number of carboxylic acids is 1. The maximum absolute atomic E-state index is 12.9. The van der Waals surface area contributed by atoms with Crippen LogP contribution in [0.2, 0.25) is 0 Å². The van der Waals surface area contributed by atoms with Crippen LogP contribution < -0.4 is 9.47 Å². The first-order valence-corrected chi connectivity index (χ1v) is 9.69. The molecule has 0 radical (unpaired) electrons. The fourth-order valence-corrected chi connectivity index (χ4v) is 4.39. The number of amides is 1. The van der Waals surface area contributed by atoms with Crippen molar-refractivity contribution in [1.82, 2.24) is 4.90 Å². The Kier molecular flexibility index (Phi) is 5.06. The van der Waals surface area contributed by atoms with Gasteiger partial charge in [-0.1, -0.05) is 60.4 Å². The number of hydrogen-bond donors (Lipinski definition) is 1. The number of nitrogens with zero attached hydrogens (tertiary/aromatic N) is 1. The van der Waals surface area contributed by atoms with Crippen molar-refractivity contribution in [2.75, 3.05) is 6.79 Å². The molecule has 28 heavy (non-hydrogen) atoms. The molecule has 4 rings (SSSR count). The third kappa shape index (κ3) is 3.61. The van der Waals surface area contributed by atoms with Crippen molar-refractivity contribution < 1.29 is 24.2 Å². The molecule has 142 valence electrons. The van der Waals surface area contributed by atoms with Crippen LogP contribution in [0, 0.1) is 0 Å². The van der Waals surface area contributed by atoms with Crippen molar-refractivity contribution in [2.24, 2.45) is 0 Å². The standard InChI is InChI=1S/C20H15NO5S2/c22-18-17(10-13-6-7-15-16(9-13)26-11-25-15)28-20(27)21(18)14(19(23)24)8-12-4-2-1-3-5-12/h1-7,9-10,14H,8,11H2,(H,23,24)/b17-10-/t14-/m1/s1. The zero-order valence-electron chi connectivity index (χ0n) is 14.5. The Morgan fingerprint density at radius 1 is 1.21 bits per heavy atom. The molecule has 1 atom stereocenters. The van der Waals surface area contributed by atoms with Gasteiger partial charge >= 0.3 is 5.97 Å². The minimum Gasteiger partial charge on any atom is -0.480 e. The molecule has 0 spiro atoms. The number of fused-ring (bicyclic) bond motifs is 1. The average Bonchev–Trinajstić information content (AvgIpc) is 3.25. The second kappa shape index (κ2) is 7.65. The van der Waals surface area contributed by atoms with Crippen LogP contribution in [-0.4, -0.2) is 39.0 Å². The van der Waals surface area contributed by atoms with Crippen LogP contribution in [0.15, 0.2) is 53.4 Å². The number of rotatable bonds is 5. The Labute approximate surface area is 170 Å². The molecular weight excluding hydrogens is 398 g/mol. The number of carboxylic acid groups (broad SMARTS) is 1. The second-order valence-corrected chi connectivity index (χ2v) is 7.88. The van der Waals surface area contributed by atoms with Gasteiger partial charge in [-0.25, -0.2) is 4.79 Å². The highest BCUT2D eigenvalue weighted by atomic mass is 32.2. The zero-order chi connectivity index (χ0) is 19.7. The van der Waals surface area contributed by atoms with E-state index in [1.165, 1.54) is 4.90 Å². The molecule has 2 aliphatic rings. The van der Waals surface area contributed by atoms with Crippen LogP contribution >= 0.6 is 24.0 Å². The molecule has 1 N–H and O–H groups in total. The molecule has 0 unspecified atom stereocenters. The minimum atomic E-state index is -1.09. The summed E-state index contributed by atoms with van der Waals surface area (Å²) in [6.07, 6.45) is 1.86. The van der Waals surface area contributed by atoms with E-state index in [1.807, 2.05) is 30.3 Å². The van der Waals surface area contributed by atoms with Crippen molar-refractivity contribution in [3.05, 3.63) is 64.6 Å². The summed E-state index contributed by atoms with van der Waals surface area (Å²) in [4.78, 5) is 26.3. The molecular formula is C20H15NO5S2. The first-order valence-electron chi connectivity index (χ1n) is 8.46. The third-order valence-corrected chi connectivity index (χ3v) is 5.72. The fourth-order valence-electron chi connectivity index (χ4n) is 3.03. The monoisotopic (exact) mass is 413 g/mol. The average molecular weight is 413 g/mol. The summed E-state index contributed by atoms with van der Waals surface area (Å²) < 4.78 is 10.9. The molecule has 2 aliphatic heterocycles. The van der Waals surface area contributed by atoms with Crippen molar-refractivity contribution in [2.45, 2.75) is 12.5 Å². The zero-order valence-corrected chi connectivity index (χ0v) is 16.2. The molecule has 2 heterocycles. The topological polar surface area (TPSA) is 76.1 Å². The van der Waals surface area contributed by atoms with E-state index in [-0.39, 0.29) is 17.5 Å². The third-order valence-electron chi connectivity index (χ3n) is 4.39. The first-order chi connectivity index (χ1) is 13.5. The number of aliphatic carboxylic acids is 1. The number of ether oxygens (including phenoxy) is 2. The number of thiocarbonyl (C=S) groups is 1. The Hall–Kier alpha value is -2.84. The largest absolute Gasteiger partial charge is 0.480 e. The van der Waals surface area contributed by atoms with E-state index in [9.17, 15) is 14.7 Å². The fraction of sp³-hybridized carbons (Fsp3) is 0.150. The van der Waals surface area contributed by atoms with Crippen LogP contribution in [0.3, 0.4) is 0 Å². The molecule has 1 amide bonds. The number of thioether (sulfide) groups is 1. The van der Waals surface area contributed by atoms with Crippen LogP contribution in [0.5, 0.6) is 11.5 Å². The van der Waals surface area contributed by atoms with E-state index < -0.39 is 17.9 Å². The Morgan fingerprint density at radius 2 is 1.96 bits per heavy atom. The van der Waals surface area contributed by atoms with Gasteiger partial charge in [-0.05, 0) is 29.3 Å². The predicted molar refractivity (Wildman–Crippen MR) is 109 cm³/mol. The van der Waals surface area contributed by atoms with E-state index >= 15 is 0 Å². The number of carbonyl (C=O) groups is 2. The predicted octanol–water partition coefficient (Wildman–Crippen LogP) is 3.31. The SMILES string of the molecule is O=C(O)[C@@H](Cc1ccccc1)N1C(=O)/C(=C/c2ccc3c(c2)OCO3)SC1=S. The summed E-state index contributed by atoms with van der Waals surface area (Å²) in [7, 11) is 0. The molecule has 1 saturated heterocycles. The smallest absolute Gasteiger partial charge is 0.327 e. The van der Waals surface area contributed by atoms with Gasteiger partial charge in [-0.3, -0.25) is 9.69 Å². The van der Waals surface area contributed by atoms with Gasteiger partial charge in [-0.2, -0.15) is 0 Å². The lowest BCUT2D eigenvalue weighted by molar-refractivity contribution is -0.145. The van der Waals surface area contributed by atoms with E-state index in [4.69, 9.17) is 21.7 Å². The van der Waals surface area contributed by atoms with Gasteiger partial charge < -0.3 is 14.6 Å². The summed E-state index contributed by atoms with van der Waals surface area (Å²) in [5.74, 6) is -0.240. The van der Waals surface area contributed by atoms with Gasteiger partial charge in [0.05, 0.1) is 4.91 Å². The van der Waals surface area contributed by atoms with E-state index in [0.717, 1.165) is 22.9 Å². The van der Waals surface area contributed by atoms with Crippen LogP contribution in [-0.2, 0) is 16.0 Å². The molecule has 8 heteroatoms. The van der Waals surface area contributed by atoms with Gasteiger partial charge in [0.2, 0.25) is 6.79 Å². The summed E-state index contributed by atoms with van der Waals surface area (Å²) in [6, 6.07) is 13.5. The molecule has 2 aromatic carbocycles. The lowest BCUT2D eigenvalue weighted by Crippen LogP contribution is -2.45. The van der Waals surface area contributed by atoms with E-state index in [2.05, 4.69) is 0 Å². The normalized spacial score (nSPS) is 18.0. The Bertz CT molecular complexity index is 989. The highest BCUT2D eigenvalue weighted by molar-refractivity contribution is 8.26. The van der Waals surface area contributed by atoms with E-state index in [1.54, 1.807) is 24.3 Å². The molecule has 1 fully saturated rings. The molecule has 0 saturated carbocycles. The van der Waals surface area contributed by atoms with Gasteiger partial charge in [0.25, 0.3) is 5.91 Å². The highest BCUT2D eigenvalue weighted by Crippen LogP contribution is 2.37. The quantitative estimate of drug-likeness (QED) is 0.595. The second-order valence-electron chi connectivity index (χ2n) is 6.21. The lowest BCUT2D eigenvalue weighted by Gasteiger charge is -2.23. The number of benzene rings is 2. The summed E-state index contributed by atoms with van der Waals surface area (Å²) >= 11 is 6.42. The Balaban J connectivity index is 1.59. The summed E-state index contributed by atoms with van der Waals surface area (Å²) in [5.41, 5.74) is 1.57. The molecule has 0 bridgehead atoms. The molecule has 0 aromatic heterocycles. The van der Waals surface area contributed by atoms with Gasteiger partial charge in [0.1, 0.15) is 10.4 Å². The lowest BCUT2D eigenvalue weighted by atomic mass is 10.0. The maximum Gasteiger partial charge on any atom is 0.327 e. The Morgan fingerprint density at radius 3 is 2.71 bits per heavy atom. The van der Waals surface area contributed by atoms with Crippen LogP contribution in [0.4, 0.5) is 0 Å². The van der Waals surface area contributed by atoms with Crippen molar-refractivity contribution in [3.8, 4) is 11.5 Å².